The molecule has 1 saturated heterocycles. The van der Waals surface area contributed by atoms with Crippen molar-refractivity contribution >= 4 is 9.19 Å². The maximum atomic E-state index is 2.63. The van der Waals surface area contributed by atoms with E-state index < -0.39 is 26.8 Å². The van der Waals surface area contributed by atoms with Gasteiger partial charge < -0.3 is 24.8 Å². The van der Waals surface area contributed by atoms with Gasteiger partial charge in [0.15, 0.2) is 0 Å². The molecule has 0 bridgehead atoms. The van der Waals surface area contributed by atoms with Crippen molar-refractivity contribution in [2.45, 2.75) is 83.7 Å². The molecule has 1 fully saturated rings. The minimum atomic E-state index is -1.75. The summed E-state index contributed by atoms with van der Waals surface area (Å²) in [6, 6.07) is 15.7. The van der Waals surface area contributed by atoms with Gasteiger partial charge in [-0.1, -0.05) is 0 Å². The number of rotatable bonds is 3. The summed E-state index contributed by atoms with van der Waals surface area (Å²) in [5.41, 5.74) is 9.89. The molecule has 0 radical (unpaired) electrons. The van der Waals surface area contributed by atoms with Gasteiger partial charge in [-0.3, -0.25) is 0 Å². The molecule has 0 spiro atoms. The summed E-state index contributed by atoms with van der Waals surface area (Å²) in [6.07, 6.45) is 11.2. The van der Waals surface area contributed by atoms with Crippen LogP contribution in [0, 0.1) is 0 Å². The maximum absolute atomic E-state index is 2.63. The second kappa shape index (κ2) is 9.93. The van der Waals surface area contributed by atoms with Gasteiger partial charge in [0, 0.05) is 0 Å². The van der Waals surface area contributed by atoms with E-state index in [0.717, 1.165) is 6.42 Å². The molecule has 5 rings (SSSR count). The van der Waals surface area contributed by atoms with Crippen LogP contribution >= 0.6 is 0 Å². The van der Waals surface area contributed by atoms with Crippen LogP contribution in [0.2, 0.25) is 12.1 Å². The van der Waals surface area contributed by atoms with E-state index in [9.17, 15) is 0 Å². The molecule has 2 aromatic rings. The molecule has 2 aliphatic carbocycles. The van der Waals surface area contributed by atoms with Crippen molar-refractivity contribution in [3.63, 3.8) is 0 Å². The van der Waals surface area contributed by atoms with E-state index in [2.05, 4.69) is 90.1 Å². The fourth-order valence-electron chi connectivity index (χ4n) is 5.82. The zero-order chi connectivity index (χ0) is 22.0. The van der Waals surface area contributed by atoms with Crippen molar-refractivity contribution in [2.75, 3.05) is 0 Å². The van der Waals surface area contributed by atoms with Crippen molar-refractivity contribution in [3.05, 3.63) is 74.1 Å². The summed E-state index contributed by atoms with van der Waals surface area (Å²) in [5.74, 6) is -0.540. The molecule has 2 aromatic carbocycles. The van der Waals surface area contributed by atoms with Crippen LogP contribution in [-0.4, -0.2) is 5.92 Å². The predicted octanol–water partition coefficient (Wildman–Crippen LogP) is 1.08. The third-order valence-corrected chi connectivity index (χ3v) is 30.0. The van der Waals surface area contributed by atoms with Crippen molar-refractivity contribution in [1.29, 1.82) is 0 Å². The van der Waals surface area contributed by atoms with Crippen LogP contribution in [0.5, 0.6) is 0 Å². The Morgan fingerprint density at radius 2 is 1.55 bits per heavy atom. The Hall–Kier alpha value is -0.400. The SMILES string of the molecule is CC(C)(C)c1ccc2c(c1)Cc1c-2cc[c]([Zr+2]([C]2=CC=CC2)[SiH]2CCC2)c1C(C)(C)C.[Cl-].[Cl-]. The first-order valence-corrected chi connectivity index (χ1v) is 21.1. The third kappa shape index (κ3) is 4.97. The molecule has 0 N–H and O–H groups in total. The van der Waals surface area contributed by atoms with E-state index >= 15 is 0 Å². The van der Waals surface area contributed by atoms with Crippen LogP contribution in [0.1, 0.15) is 76.6 Å². The van der Waals surface area contributed by atoms with Gasteiger partial charge in [-0.2, -0.15) is 0 Å². The summed E-state index contributed by atoms with van der Waals surface area (Å²) >= 11 is -1.75. The average molecular weight is 576 g/mol. The maximum Gasteiger partial charge on any atom is -1.00 e. The van der Waals surface area contributed by atoms with Gasteiger partial charge >= 0.3 is 199 Å². The fraction of sp³-hybridized carbons (Fsp3) is 0.448. The zero-order valence-electron chi connectivity index (χ0n) is 21.0. The average Bonchev–Trinajstić information content (AvgIpc) is 3.29. The summed E-state index contributed by atoms with van der Waals surface area (Å²) in [7, 11) is 0. The van der Waals surface area contributed by atoms with Crippen LogP contribution in [0.25, 0.3) is 11.1 Å². The largest absolute Gasteiger partial charge is 1.00 e. The van der Waals surface area contributed by atoms with Gasteiger partial charge in [-0.05, 0) is 0 Å². The van der Waals surface area contributed by atoms with Crippen molar-refractivity contribution < 1.29 is 45.7 Å². The fourth-order valence-corrected chi connectivity index (χ4v) is 30.2. The number of halogens is 2. The molecule has 175 valence electrons. The zero-order valence-corrected chi connectivity index (χ0v) is 26.1. The molecule has 1 aliphatic heterocycles. The Morgan fingerprint density at radius 1 is 0.848 bits per heavy atom. The molecule has 0 atom stereocenters. The predicted molar refractivity (Wildman–Crippen MR) is 135 cm³/mol. The molecule has 0 nitrogen and oxygen atoms in total. The minimum absolute atomic E-state index is 0. The van der Waals surface area contributed by atoms with E-state index in [4.69, 9.17) is 0 Å². The molecule has 0 aromatic heterocycles. The number of benzene rings is 2. The second-order valence-electron chi connectivity index (χ2n) is 11.9. The summed E-state index contributed by atoms with van der Waals surface area (Å²) in [4.78, 5) is 0. The number of fused-ring (bicyclic) bond motifs is 3. The van der Waals surface area contributed by atoms with Crippen LogP contribution in [0.15, 0.2) is 51.8 Å². The van der Waals surface area contributed by atoms with Gasteiger partial charge in [-0.15, -0.1) is 0 Å². The molecule has 0 saturated carbocycles. The Labute approximate surface area is 222 Å². The Morgan fingerprint density at radius 3 is 2.09 bits per heavy atom. The first-order valence-electron chi connectivity index (χ1n) is 12.2. The summed E-state index contributed by atoms with van der Waals surface area (Å²) in [5, 5.41) is 0. The second-order valence-corrected chi connectivity index (χ2v) is 28.9. The smallest absolute Gasteiger partial charge is 1.00 e. The van der Waals surface area contributed by atoms with Crippen LogP contribution in [0.3, 0.4) is 0 Å². The van der Waals surface area contributed by atoms with Crippen LogP contribution in [0.4, 0.5) is 0 Å². The minimum Gasteiger partial charge on any atom is -1.00 e. The van der Waals surface area contributed by atoms with Gasteiger partial charge in [0.1, 0.15) is 0 Å². The normalized spacial score (nSPS) is 16.8. The van der Waals surface area contributed by atoms with Crippen molar-refractivity contribution in [1.82, 2.24) is 0 Å². The first kappa shape index (κ1) is 27.2. The number of hydrogen-bond acceptors (Lipinski definition) is 0. The van der Waals surface area contributed by atoms with Gasteiger partial charge in [0.25, 0.3) is 0 Å². The molecule has 3 aliphatic rings. The van der Waals surface area contributed by atoms with Gasteiger partial charge in [-0.25, -0.2) is 0 Å². The number of allylic oxidation sites excluding steroid dienone is 4. The first-order chi connectivity index (χ1) is 14.6. The standard InChI is InChI=1S/C21H25.C5H5.C3H7Si.2ClH.Zr/c1-20(2,3)15-10-11-16-14(12-15)13-18-17(16)8-7-9-19(18)21(4,5)6;1-2-4-5-3-1;1-2-4-3-1;;;/h7-8,10-12H,13H2,1-6H3;1-3H,4H2;4H,1-3H2;2*1H;/q;;;;;+2/p-2. The van der Waals surface area contributed by atoms with Crippen LogP contribution in [-0.2, 0) is 38.2 Å². The van der Waals surface area contributed by atoms with Crippen LogP contribution < -0.4 is 28.1 Å². The molecular formula is C29H37Cl2SiZr. The van der Waals surface area contributed by atoms with Crippen molar-refractivity contribution in [2.24, 2.45) is 0 Å². The Balaban J connectivity index is 0.00000153. The van der Waals surface area contributed by atoms with Gasteiger partial charge in [0.05, 0.1) is 0 Å². The Kier molecular flexibility index (Phi) is 8.18. The summed E-state index contributed by atoms with van der Waals surface area (Å²) < 4.78 is 3.78. The summed E-state index contributed by atoms with van der Waals surface area (Å²) in [6.45, 7) is 14.4. The van der Waals surface area contributed by atoms with E-state index in [1.807, 2.05) is 6.55 Å². The molecule has 1 heterocycles. The number of hydrogen-bond donors (Lipinski definition) is 0. The third-order valence-electron chi connectivity index (χ3n) is 7.61. The van der Waals surface area contributed by atoms with E-state index in [-0.39, 0.29) is 35.6 Å². The van der Waals surface area contributed by atoms with E-state index in [0.29, 0.717) is 0 Å². The van der Waals surface area contributed by atoms with Crippen molar-refractivity contribution in [3.8, 4) is 11.1 Å². The quantitative estimate of drug-likeness (QED) is 0.410. The monoisotopic (exact) mass is 573 g/mol. The molecule has 0 amide bonds. The molecular weight excluding hydrogens is 539 g/mol. The van der Waals surface area contributed by atoms with Gasteiger partial charge in [0.2, 0.25) is 0 Å². The molecule has 4 heteroatoms. The van der Waals surface area contributed by atoms with E-state index in [1.165, 1.54) is 29.5 Å². The molecule has 33 heavy (non-hydrogen) atoms. The Bertz CT molecular complexity index is 1100. The molecule has 0 unspecified atom stereocenters. The van der Waals surface area contributed by atoms with E-state index in [1.54, 1.807) is 28.8 Å². The topological polar surface area (TPSA) is 0 Å².